The molecule has 3 aromatic rings. The van der Waals surface area contributed by atoms with Gasteiger partial charge in [0.2, 0.25) is 5.91 Å². The zero-order chi connectivity index (χ0) is 23.8. The van der Waals surface area contributed by atoms with E-state index in [1.807, 2.05) is 34.9 Å². The van der Waals surface area contributed by atoms with Crippen molar-refractivity contribution >= 4 is 40.9 Å². The number of hydrogen-bond acceptors (Lipinski definition) is 5. The first-order valence-electron chi connectivity index (χ1n) is 11.7. The van der Waals surface area contributed by atoms with E-state index < -0.39 is 0 Å². The summed E-state index contributed by atoms with van der Waals surface area (Å²) in [7, 11) is 0. The Kier molecular flexibility index (Phi) is 9.27. The largest absolute Gasteiger partial charge is 0.355 e. The first kappa shape index (κ1) is 25.0. The Morgan fingerprint density at radius 1 is 1.03 bits per heavy atom. The lowest BCUT2D eigenvalue weighted by molar-refractivity contribution is -0.121. The van der Waals surface area contributed by atoms with Gasteiger partial charge in [-0.25, -0.2) is 0 Å². The van der Waals surface area contributed by atoms with Crippen molar-refractivity contribution in [2.45, 2.75) is 37.3 Å². The van der Waals surface area contributed by atoms with E-state index in [0.717, 1.165) is 60.6 Å². The van der Waals surface area contributed by atoms with Crippen molar-refractivity contribution in [1.29, 1.82) is 0 Å². The van der Waals surface area contributed by atoms with Crippen LogP contribution in [0.3, 0.4) is 0 Å². The molecule has 1 N–H and O–H groups in total. The third-order valence-corrected chi connectivity index (χ3v) is 7.55. The monoisotopic (exact) mass is 517 g/mol. The molecule has 1 fully saturated rings. The summed E-state index contributed by atoms with van der Waals surface area (Å²) in [5.41, 5.74) is 2.02. The summed E-state index contributed by atoms with van der Waals surface area (Å²) >= 11 is 14.0. The molecule has 0 bridgehead atoms. The fourth-order valence-corrected chi connectivity index (χ4v) is 5.22. The molecular weight excluding hydrogens is 489 g/mol. The van der Waals surface area contributed by atoms with Gasteiger partial charge in [0, 0.05) is 31.7 Å². The second-order valence-electron chi connectivity index (χ2n) is 8.35. The summed E-state index contributed by atoms with van der Waals surface area (Å²) in [6.07, 6.45) is 4.46. The summed E-state index contributed by atoms with van der Waals surface area (Å²) in [4.78, 5) is 14.6. The fraction of sp³-hybridized carbons (Fsp3) is 0.400. The van der Waals surface area contributed by atoms with Crippen LogP contribution in [0, 0.1) is 0 Å². The molecule has 0 atom stereocenters. The normalized spacial score (nSPS) is 13.9. The number of hydrogen-bond donors (Lipinski definition) is 1. The van der Waals surface area contributed by atoms with E-state index in [1.165, 1.54) is 12.8 Å². The third kappa shape index (κ3) is 6.98. The molecule has 1 amide bonds. The van der Waals surface area contributed by atoms with Crippen molar-refractivity contribution < 1.29 is 4.79 Å². The van der Waals surface area contributed by atoms with Gasteiger partial charge in [-0.05, 0) is 56.1 Å². The van der Waals surface area contributed by atoms with Crippen molar-refractivity contribution in [1.82, 2.24) is 25.0 Å². The molecule has 1 aromatic heterocycles. The summed E-state index contributed by atoms with van der Waals surface area (Å²) < 4.78 is 2.02. The average molecular weight is 519 g/mol. The number of nitrogens with one attached hydrogen (secondary N) is 1. The molecule has 34 heavy (non-hydrogen) atoms. The number of carbonyl (C=O) groups excluding carboxylic acids is 1. The molecule has 0 unspecified atom stereocenters. The standard InChI is InChI=1S/C25H29Cl2N5OS/c26-21-11-10-20(18-22(21)27)32-23(17-19-7-2-1-3-8-19)29-30-25(32)34-16-6-9-24(33)28-12-15-31-13-4-5-14-31/h1-3,7-8,10-11,18H,4-6,9,12-17H2,(H,28,33). The minimum atomic E-state index is 0.107. The van der Waals surface area contributed by atoms with Crippen LogP contribution in [0.25, 0.3) is 5.69 Å². The van der Waals surface area contributed by atoms with Crippen LogP contribution in [0.4, 0.5) is 0 Å². The van der Waals surface area contributed by atoms with Crippen molar-refractivity contribution in [3.05, 3.63) is 70.0 Å². The first-order valence-corrected chi connectivity index (χ1v) is 13.4. The minimum absolute atomic E-state index is 0.107. The van der Waals surface area contributed by atoms with Crippen LogP contribution in [-0.4, -0.2) is 57.5 Å². The van der Waals surface area contributed by atoms with Crippen molar-refractivity contribution in [2.75, 3.05) is 31.9 Å². The van der Waals surface area contributed by atoms with E-state index in [0.29, 0.717) is 22.9 Å². The third-order valence-electron chi connectivity index (χ3n) is 5.80. The van der Waals surface area contributed by atoms with Crippen molar-refractivity contribution in [3.63, 3.8) is 0 Å². The zero-order valence-corrected chi connectivity index (χ0v) is 21.4. The maximum Gasteiger partial charge on any atom is 0.220 e. The Morgan fingerprint density at radius 2 is 1.82 bits per heavy atom. The van der Waals surface area contributed by atoms with Gasteiger partial charge in [-0.2, -0.15) is 0 Å². The molecule has 2 heterocycles. The molecule has 1 saturated heterocycles. The molecule has 9 heteroatoms. The van der Waals surface area contributed by atoms with Gasteiger partial charge in [0.1, 0.15) is 5.82 Å². The number of thioether (sulfide) groups is 1. The van der Waals surface area contributed by atoms with Gasteiger partial charge >= 0.3 is 0 Å². The second kappa shape index (κ2) is 12.6. The number of nitrogens with zero attached hydrogens (tertiary/aromatic N) is 4. The van der Waals surface area contributed by atoms with Gasteiger partial charge < -0.3 is 10.2 Å². The van der Waals surface area contributed by atoms with Crippen LogP contribution in [0.2, 0.25) is 10.0 Å². The molecular formula is C25H29Cl2N5OS. The lowest BCUT2D eigenvalue weighted by atomic mass is 10.1. The van der Waals surface area contributed by atoms with Gasteiger partial charge in [0.15, 0.2) is 5.16 Å². The van der Waals surface area contributed by atoms with Gasteiger partial charge in [-0.15, -0.1) is 10.2 Å². The van der Waals surface area contributed by atoms with Crippen molar-refractivity contribution in [3.8, 4) is 5.69 Å². The second-order valence-corrected chi connectivity index (χ2v) is 10.2. The predicted molar refractivity (Wildman–Crippen MR) is 139 cm³/mol. The van der Waals surface area contributed by atoms with Gasteiger partial charge in [0.25, 0.3) is 0 Å². The lowest BCUT2D eigenvalue weighted by Crippen LogP contribution is -2.33. The number of likely N-dealkylation sites (tertiary alicyclic amines) is 1. The zero-order valence-electron chi connectivity index (χ0n) is 19.1. The number of amides is 1. The van der Waals surface area contributed by atoms with Crippen molar-refractivity contribution in [2.24, 2.45) is 0 Å². The number of rotatable bonds is 11. The molecule has 0 radical (unpaired) electrons. The van der Waals surface area contributed by atoms with E-state index in [2.05, 4.69) is 32.5 Å². The molecule has 2 aromatic carbocycles. The lowest BCUT2D eigenvalue weighted by Gasteiger charge is -2.14. The summed E-state index contributed by atoms with van der Waals surface area (Å²) in [6, 6.07) is 15.7. The predicted octanol–water partition coefficient (Wildman–Crippen LogP) is 5.25. The molecule has 180 valence electrons. The molecule has 0 spiro atoms. The first-order chi connectivity index (χ1) is 16.6. The molecule has 0 saturated carbocycles. The Balaban J connectivity index is 1.36. The van der Waals surface area contributed by atoms with Gasteiger partial charge in [0.05, 0.1) is 15.7 Å². The summed E-state index contributed by atoms with van der Waals surface area (Å²) in [6.45, 7) is 3.97. The fourth-order valence-electron chi connectivity index (χ4n) is 4.01. The highest BCUT2D eigenvalue weighted by molar-refractivity contribution is 7.99. The van der Waals surface area contributed by atoms with Crippen LogP contribution in [0.15, 0.2) is 53.7 Å². The Bertz CT molecular complexity index is 1090. The van der Waals surface area contributed by atoms with E-state index in [1.54, 1.807) is 17.8 Å². The highest BCUT2D eigenvalue weighted by Gasteiger charge is 2.16. The van der Waals surface area contributed by atoms with E-state index in [9.17, 15) is 4.79 Å². The molecule has 1 aliphatic heterocycles. The van der Waals surface area contributed by atoms with Crippen LogP contribution >= 0.6 is 35.0 Å². The number of carbonyl (C=O) groups is 1. The quantitative estimate of drug-likeness (QED) is 0.278. The minimum Gasteiger partial charge on any atom is -0.355 e. The molecule has 0 aliphatic carbocycles. The average Bonchev–Trinajstić information content (AvgIpc) is 3.49. The maximum atomic E-state index is 12.2. The van der Waals surface area contributed by atoms with E-state index in [4.69, 9.17) is 23.2 Å². The van der Waals surface area contributed by atoms with E-state index >= 15 is 0 Å². The summed E-state index contributed by atoms with van der Waals surface area (Å²) in [5, 5.41) is 13.7. The maximum absolute atomic E-state index is 12.2. The number of aromatic nitrogens is 3. The van der Waals surface area contributed by atoms with E-state index in [-0.39, 0.29) is 5.91 Å². The highest BCUT2D eigenvalue weighted by Crippen LogP contribution is 2.29. The Morgan fingerprint density at radius 3 is 2.59 bits per heavy atom. The van der Waals surface area contributed by atoms with Gasteiger partial charge in [-0.1, -0.05) is 65.3 Å². The van der Waals surface area contributed by atoms with Gasteiger partial charge in [-0.3, -0.25) is 9.36 Å². The van der Waals surface area contributed by atoms with Crippen LogP contribution in [-0.2, 0) is 11.2 Å². The number of benzene rings is 2. The summed E-state index contributed by atoms with van der Waals surface area (Å²) in [5.74, 6) is 1.70. The SMILES string of the molecule is O=C(CCCSc1nnc(Cc2ccccc2)n1-c1ccc(Cl)c(Cl)c1)NCCN1CCCC1. The Hall–Kier alpha value is -2.06. The molecule has 6 nitrogen and oxygen atoms in total. The molecule has 4 rings (SSSR count). The smallest absolute Gasteiger partial charge is 0.220 e. The van der Waals surface area contributed by atoms with Crippen LogP contribution in [0.1, 0.15) is 37.1 Å². The Labute approximate surface area is 215 Å². The number of halogens is 2. The van der Waals surface area contributed by atoms with Crippen LogP contribution < -0.4 is 5.32 Å². The highest BCUT2D eigenvalue weighted by atomic mass is 35.5. The van der Waals surface area contributed by atoms with Crippen LogP contribution in [0.5, 0.6) is 0 Å². The molecule has 1 aliphatic rings. The topological polar surface area (TPSA) is 63.1 Å².